The monoisotopic (exact) mass is 339 g/mol. The molecule has 2 aromatic rings. The molecule has 7 heteroatoms. The normalized spacial score (nSPS) is 19.1. The summed E-state index contributed by atoms with van der Waals surface area (Å²) in [5.74, 6) is -0.181. The second-order valence-corrected chi connectivity index (χ2v) is 6.21. The van der Waals surface area contributed by atoms with Crippen molar-refractivity contribution in [3.05, 3.63) is 47.0 Å². The van der Waals surface area contributed by atoms with Crippen molar-refractivity contribution in [3.8, 4) is 6.07 Å². The van der Waals surface area contributed by atoms with Crippen LogP contribution in [0.15, 0.2) is 24.4 Å². The Morgan fingerprint density at radius 2 is 2.32 bits per heavy atom. The number of aromatic amines is 1. The van der Waals surface area contributed by atoms with Crippen LogP contribution in [-0.2, 0) is 17.7 Å². The van der Waals surface area contributed by atoms with Crippen LogP contribution in [0.3, 0.4) is 0 Å². The van der Waals surface area contributed by atoms with Crippen molar-refractivity contribution in [1.82, 2.24) is 20.1 Å². The molecule has 0 unspecified atom stereocenters. The number of hydrogen-bond donors (Lipinski definition) is 1. The maximum atomic E-state index is 13.1. The number of amides is 1. The molecule has 0 aromatic carbocycles. The molecule has 25 heavy (non-hydrogen) atoms. The van der Waals surface area contributed by atoms with Crippen LogP contribution in [-0.4, -0.2) is 38.6 Å². The van der Waals surface area contributed by atoms with E-state index in [9.17, 15) is 4.79 Å². The van der Waals surface area contributed by atoms with Gasteiger partial charge in [0.1, 0.15) is 0 Å². The summed E-state index contributed by atoms with van der Waals surface area (Å²) in [7, 11) is 0. The molecule has 0 aliphatic carbocycles. The average molecular weight is 339 g/mol. The third-order valence-electron chi connectivity index (χ3n) is 4.30. The highest BCUT2D eigenvalue weighted by Crippen LogP contribution is 2.30. The van der Waals surface area contributed by atoms with Gasteiger partial charge in [0.25, 0.3) is 5.91 Å². The number of hydrogen-bond acceptors (Lipinski definition) is 5. The van der Waals surface area contributed by atoms with Crippen LogP contribution in [0.5, 0.6) is 0 Å². The van der Waals surface area contributed by atoms with E-state index in [4.69, 9.17) is 10.00 Å². The summed E-state index contributed by atoms with van der Waals surface area (Å²) < 4.78 is 5.78. The molecule has 2 aromatic heterocycles. The quantitative estimate of drug-likeness (QED) is 0.902. The highest BCUT2D eigenvalue weighted by molar-refractivity contribution is 5.94. The SMILES string of the molecule is C[C@@H]1Cc2c(C(=O)N(CCC#N)Cc3ccccn3)n[nH]c2[C@H](C)O1. The molecule has 0 radical (unpaired) electrons. The van der Waals surface area contributed by atoms with E-state index in [0.717, 1.165) is 17.0 Å². The number of ether oxygens (including phenoxy) is 1. The Hall–Kier alpha value is -2.72. The lowest BCUT2D eigenvalue weighted by molar-refractivity contribution is -0.00702. The number of fused-ring (bicyclic) bond motifs is 1. The Morgan fingerprint density at radius 3 is 3.04 bits per heavy atom. The van der Waals surface area contributed by atoms with Gasteiger partial charge in [-0.15, -0.1) is 0 Å². The second kappa shape index (κ2) is 7.45. The number of H-pyrrole nitrogens is 1. The van der Waals surface area contributed by atoms with Gasteiger partial charge in [0.2, 0.25) is 0 Å². The number of nitrogens with zero attached hydrogens (tertiary/aromatic N) is 4. The number of pyridine rings is 1. The largest absolute Gasteiger partial charge is 0.369 e. The smallest absolute Gasteiger partial charge is 0.275 e. The van der Waals surface area contributed by atoms with E-state index in [1.165, 1.54) is 0 Å². The number of carbonyl (C=O) groups is 1. The van der Waals surface area contributed by atoms with Gasteiger partial charge in [-0.25, -0.2) is 0 Å². The summed E-state index contributed by atoms with van der Waals surface area (Å²) in [5.41, 5.74) is 2.98. The van der Waals surface area contributed by atoms with Crippen LogP contribution >= 0.6 is 0 Å². The highest BCUT2D eigenvalue weighted by atomic mass is 16.5. The van der Waals surface area contributed by atoms with Crippen molar-refractivity contribution < 1.29 is 9.53 Å². The Morgan fingerprint density at radius 1 is 1.48 bits per heavy atom. The molecule has 1 aliphatic rings. The van der Waals surface area contributed by atoms with E-state index in [2.05, 4.69) is 21.3 Å². The number of carbonyl (C=O) groups excluding carboxylic acids is 1. The topological polar surface area (TPSA) is 94.9 Å². The van der Waals surface area contributed by atoms with Crippen molar-refractivity contribution in [2.45, 2.75) is 45.4 Å². The summed E-state index contributed by atoms with van der Waals surface area (Å²) in [4.78, 5) is 19.0. The van der Waals surface area contributed by atoms with Crippen molar-refractivity contribution in [2.24, 2.45) is 0 Å². The zero-order chi connectivity index (χ0) is 17.8. The fourth-order valence-electron chi connectivity index (χ4n) is 3.12. The molecule has 0 spiro atoms. The molecule has 130 valence electrons. The van der Waals surface area contributed by atoms with Crippen molar-refractivity contribution in [3.63, 3.8) is 0 Å². The van der Waals surface area contributed by atoms with Crippen LogP contribution in [0.4, 0.5) is 0 Å². The van der Waals surface area contributed by atoms with Crippen molar-refractivity contribution in [1.29, 1.82) is 5.26 Å². The summed E-state index contributed by atoms with van der Waals surface area (Å²) >= 11 is 0. The van der Waals surface area contributed by atoms with Gasteiger partial charge in [-0.05, 0) is 26.0 Å². The summed E-state index contributed by atoms with van der Waals surface area (Å²) in [6, 6.07) is 7.68. The maximum absolute atomic E-state index is 13.1. The predicted molar refractivity (Wildman–Crippen MR) is 90.5 cm³/mol. The van der Waals surface area contributed by atoms with Gasteiger partial charge in [0.05, 0.1) is 42.6 Å². The van der Waals surface area contributed by atoms with Crippen molar-refractivity contribution in [2.75, 3.05) is 6.54 Å². The van der Waals surface area contributed by atoms with Crippen molar-refractivity contribution >= 4 is 5.91 Å². The van der Waals surface area contributed by atoms with E-state index < -0.39 is 0 Å². The van der Waals surface area contributed by atoms with Gasteiger partial charge in [0, 0.05) is 24.7 Å². The standard InChI is InChI=1S/C18H21N5O2/c1-12-10-15-16(13(2)25-12)21-22-17(15)18(24)23(9-5-7-19)11-14-6-3-4-8-20-14/h3-4,6,8,12-13H,5,9-11H2,1-2H3,(H,21,22)/t12-,13+/m1/s1. The molecule has 0 saturated carbocycles. The number of aromatic nitrogens is 3. The molecule has 1 amide bonds. The van der Waals surface area contributed by atoms with Crippen LogP contribution in [0, 0.1) is 11.3 Å². The lowest BCUT2D eigenvalue weighted by Gasteiger charge is -2.26. The molecule has 7 nitrogen and oxygen atoms in total. The van der Waals surface area contributed by atoms with Crippen LogP contribution in [0.25, 0.3) is 0 Å². The highest BCUT2D eigenvalue weighted by Gasteiger charge is 2.31. The van der Waals surface area contributed by atoms with Gasteiger partial charge in [-0.1, -0.05) is 6.07 Å². The third kappa shape index (κ3) is 3.69. The molecule has 0 fully saturated rings. The predicted octanol–water partition coefficient (Wildman–Crippen LogP) is 2.38. The summed E-state index contributed by atoms with van der Waals surface area (Å²) in [5, 5.41) is 16.1. The summed E-state index contributed by atoms with van der Waals surface area (Å²) in [6.07, 6.45) is 2.53. The number of nitrogens with one attached hydrogen (secondary N) is 1. The minimum absolute atomic E-state index is 0.0370. The Balaban J connectivity index is 1.87. The Kier molecular flexibility index (Phi) is 5.10. The van der Waals surface area contributed by atoms with Gasteiger partial charge >= 0.3 is 0 Å². The first-order valence-corrected chi connectivity index (χ1v) is 8.39. The first-order valence-electron chi connectivity index (χ1n) is 8.39. The second-order valence-electron chi connectivity index (χ2n) is 6.21. The molecule has 0 bridgehead atoms. The lowest BCUT2D eigenvalue weighted by Crippen LogP contribution is -2.33. The molecular weight excluding hydrogens is 318 g/mol. The van der Waals surface area contributed by atoms with Gasteiger partial charge < -0.3 is 9.64 Å². The molecule has 0 saturated heterocycles. The van der Waals surface area contributed by atoms with Gasteiger partial charge in [-0.2, -0.15) is 10.4 Å². The Bertz CT molecular complexity index is 781. The first kappa shape index (κ1) is 17.1. The minimum atomic E-state index is -0.181. The molecule has 3 rings (SSSR count). The lowest BCUT2D eigenvalue weighted by atomic mass is 9.99. The minimum Gasteiger partial charge on any atom is -0.369 e. The van der Waals surface area contributed by atoms with E-state index >= 15 is 0 Å². The van der Waals surface area contributed by atoms with Crippen LogP contribution in [0.2, 0.25) is 0 Å². The molecular formula is C18H21N5O2. The van der Waals surface area contributed by atoms with Crippen LogP contribution < -0.4 is 0 Å². The third-order valence-corrected chi connectivity index (χ3v) is 4.30. The maximum Gasteiger partial charge on any atom is 0.275 e. The zero-order valence-corrected chi connectivity index (χ0v) is 14.4. The fourth-order valence-corrected chi connectivity index (χ4v) is 3.12. The first-order chi connectivity index (χ1) is 12.1. The van der Waals surface area contributed by atoms with Crippen LogP contribution in [0.1, 0.15) is 53.8 Å². The van der Waals surface area contributed by atoms with E-state index in [1.54, 1.807) is 11.1 Å². The molecule has 3 heterocycles. The fraction of sp³-hybridized carbons (Fsp3) is 0.444. The number of rotatable bonds is 5. The van der Waals surface area contributed by atoms with E-state index in [1.807, 2.05) is 32.0 Å². The van der Waals surface area contributed by atoms with Gasteiger partial charge in [0.15, 0.2) is 5.69 Å². The zero-order valence-electron chi connectivity index (χ0n) is 14.4. The van der Waals surface area contributed by atoms with E-state index in [0.29, 0.717) is 25.2 Å². The molecule has 1 aliphatic heterocycles. The Labute approximate surface area is 146 Å². The average Bonchev–Trinajstić information content (AvgIpc) is 3.03. The molecule has 2 atom stereocenters. The van der Waals surface area contributed by atoms with E-state index in [-0.39, 0.29) is 24.5 Å². The summed E-state index contributed by atoms with van der Waals surface area (Å²) in [6.45, 7) is 4.63. The number of nitriles is 1. The van der Waals surface area contributed by atoms with Gasteiger partial charge in [-0.3, -0.25) is 14.9 Å². The molecule has 1 N–H and O–H groups in total.